The van der Waals surface area contributed by atoms with Gasteiger partial charge in [-0.05, 0) is 46.5 Å². The van der Waals surface area contributed by atoms with Gasteiger partial charge in [-0.2, -0.15) is 0 Å². The number of carbonyl (C=O) groups excluding carboxylic acids is 1. The molecule has 1 N–H and O–H groups in total. The summed E-state index contributed by atoms with van der Waals surface area (Å²) in [6.07, 6.45) is 0. The topological polar surface area (TPSA) is 29.1 Å². The van der Waals surface area contributed by atoms with Crippen LogP contribution >= 0.6 is 34.4 Å². The van der Waals surface area contributed by atoms with Gasteiger partial charge in [-0.15, -0.1) is 0 Å². The van der Waals surface area contributed by atoms with Crippen LogP contribution in [0.25, 0.3) is 0 Å². The first-order valence-electron chi connectivity index (χ1n) is 3.91. The van der Waals surface area contributed by atoms with Gasteiger partial charge in [0.1, 0.15) is 0 Å². The van der Waals surface area contributed by atoms with Crippen LogP contribution in [0.2, 0.25) is 0 Å². The number of benzene rings is 1. The van der Waals surface area contributed by atoms with Gasteiger partial charge in [-0.3, -0.25) is 4.79 Å². The molecule has 1 amide bonds. The zero-order chi connectivity index (χ0) is 9.68. The van der Waals surface area contributed by atoms with Crippen LogP contribution in [0.3, 0.4) is 0 Å². The van der Waals surface area contributed by atoms with Crippen molar-refractivity contribution in [2.75, 3.05) is 11.1 Å². The predicted octanol–water partition coefficient (Wildman–Crippen LogP) is 3.58. The van der Waals surface area contributed by atoms with Gasteiger partial charge in [-0.1, -0.05) is 24.8 Å². The Bertz CT molecular complexity index is 303. The summed E-state index contributed by atoms with van der Waals surface area (Å²) >= 11 is 3.49. The molecule has 0 fully saturated rings. The van der Waals surface area contributed by atoms with Crippen LogP contribution in [0.4, 0.5) is 10.5 Å². The summed E-state index contributed by atoms with van der Waals surface area (Å²) in [6, 6.07) is 7.74. The minimum Gasteiger partial charge on any atom is -0.317 e. The molecule has 13 heavy (non-hydrogen) atoms. The Labute approximate surface area is 95.6 Å². The summed E-state index contributed by atoms with van der Waals surface area (Å²) in [5.41, 5.74) is 0.859. The second-order valence-electron chi connectivity index (χ2n) is 2.36. The van der Waals surface area contributed by atoms with Crippen molar-refractivity contribution >= 4 is 45.3 Å². The van der Waals surface area contributed by atoms with Crippen molar-refractivity contribution in [3.8, 4) is 0 Å². The quantitative estimate of drug-likeness (QED) is 0.846. The standard InChI is InChI=1S/C9H10INOS/c1-2-13-9(12)11-8-5-3-4-7(10)6-8/h3-6H,2H2,1H3,(H,11,12). The molecule has 0 aliphatic carbocycles. The third-order valence-electron chi connectivity index (χ3n) is 1.35. The van der Waals surface area contributed by atoms with E-state index >= 15 is 0 Å². The summed E-state index contributed by atoms with van der Waals surface area (Å²) in [4.78, 5) is 11.2. The van der Waals surface area contributed by atoms with Gasteiger partial charge in [0.2, 0.25) is 0 Å². The molecule has 0 saturated carbocycles. The fourth-order valence-corrected chi connectivity index (χ4v) is 1.85. The zero-order valence-corrected chi connectivity index (χ0v) is 10.2. The maximum atomic E-state index is 11.2. The van der Waals surface area contributed by atoms with Crippen LogP contribution in [-0.4, -0.2) is 11.0 Å². The van der Waals surface area contributed by atoms with Crippen molar-refractivity contribution in [3.05, 3.63) is 27.8 Å². The molecular formula is C9H10INOS. The van der Waals surface area contributed by atoms with Gasteiger partial charge in [0.15, 0.2) is 0 Å². The van der Waals surface area contributed by atoms with E-state index in [0.717, 1.165) is 15.0 Å². The molecule has 0 aliphatic heterocycles. The van der Waals surface area contributed by atoms with E-state index in [4.69, 9.17) is 0 Å². The number of carbonyl (C=O) groups is 1. The maximum absolute atomic E-state index is 11.2. The van der Waals surface area contributed by atoms with E-state index in [0.29, 0.717) is 0 Å². The largest absolute Gasteiger partial charge is 0.317 e. The zero-order valence-electron chi connectivity index (χ0n) is 7.21. The highest BCUT2D eigenvalue weighted by Crippen LogP contribution is 2.14. The van der Waals surface area contributed by atoms with Crippen molar-refractivity contribution in [2.45, 2.75) is 6.92 Å². The first-order valence-corrected chi connectivity index (χ1v) is 5.98. The van der Waals surface area contributed by atoms with E-state index in [1.54, 1.807) is 0 Å². The summed E-state index contributed by atoms with van der Waals surface area (Å²) in [7, 11) is 0. The molecule has 4 heteroatoms. The molecule has 0 spiro atoms. The molecule has 0 radical (unpaired) electrons. The SMILES string of the molecule is CCSC(=O)Nc1cccc(I)c1. The molecule has 0 bridgehead atoms. The van der Waals surface area contributed by atoms with Crippen molar-refractivity contribution in [1.29, 1.82) is 0 Å². The van der Waals surface area contributed by atoms with Gasteiger partial charge >= 0.3 is 0 Å². The molecule has 2 nitrogen and oxygen atoms in total. The third-order valence-corrected chi connectivity index (χ3v) is 2.67. The van der Waals surface area contributed by atoms with Gasteiger partial charge in [0, 0.05) is 9.26 Å². The molecule has 0 unspecified atom stereocenters. The molecule has 0 saturated heterocycles. The second-order valence-corrected chi connectivity index (χ2v) is 4.84. The van der Waals surface area contributed by atoms with E-state index in [-0.39, 0.29) is 5.24 Å². The summed E-state index contributed by atoms with van der Waals surface area (Å²) in [6.45, 7) is 1.96. The molecule has 1 rings (SSSR count). The van der Waals surface area contributed by atoms with E-state index in [1.165, 1.54) is 11.8 Å². The Balaban J connectivity index is 2.58. The van der Waals surface area contributed by atoms with Crippen molar-refractivity contribution in [2.24, 2.45) is 0 Å². The van der Waals surface area contributed by atoms with Crippen LogP contribution in [-0.2, 0) is 0 Å². The molecule has 0 aliphatic rings. The number of hydrogen-bond acceptors (Lipinski definition) is 2. The first kappa shape index (κ1) is 10.8. The Morgan fingerprint density at radius 3 is 3.00 bits per heavy atom. The lowest BCUT2D eigenvalue weighted by Crippen LogP contribution is -2.04. The van der Waals surface area contributed by atoms with Crippen LogP contribution in [0, 0.1) is 3.57 Å². The fourth-order valence-electron chi connectivity index (χ4n) is 0.851. The minimum absolute atomic E-state index is 0.00417. The Kier molecular flexibility index (Phi) is 4.58. The van der Waals surface area contributed by atoms with Crippen molar-refractivity contribution in [3.63, 3.8) is 0 Å². The van der Waals surface area contributed by atoms with Gasteiger partial charge < -0.3 is 5.32 Å². The van der Waals surface area contributed by atoms with Crippen LogP contribution in [0.15, 0.2) is 24.3 Å². The summed E-state index contributed by atoms with van der Waals surface area (Å²) in [5.74, 6) is 0.801. The molecule has 1 aromatic carbocycles. The lowest BCUT2D eigenvalue weighted by atomic mass is 10.3. The van der Waals surface area contributed by atoms with Gasteiger partial charge in [0.25, 0.3) is 5.24 Å². The molecular weight excluding hydrogens is 297 g/mol. The fraction of sp³-hybridized carbons (Fsp3) is 0.222. The lowest BCUT2D eigenvalue weighted by molar-refractivity contribution is 0.270. The van der Waals surface area contributed by atoms with E-state index < -0.39 is 0 Å². The smallest absolute Gasteiger partial charge is 0.283 e. The normalized spacial score (nSPS) is 9.69. The minimum atomic E-state index is 0.00417. The van der Waals surface area contributed by atoms with Crippen LogP contribution < -0.4 is 5.32 Å². The number of rotatable bonds is 2. The van der Waals surface area contributed by atoms with E-state index in [2.05, 4.69) is 27.9 Å². The van der Waals surface area contributed by atoms with E-state index in [1.807, 2.05) is 31.2 Å². The lowest BCUT2D eigenvalue weighted by Gasteiger charge is -2.03. The highest BCUT2D eigenvalue weighted by atomic mass is 127. The summed E-state index contributed by atoms with van der Waals surface area (Å²) < 4.78 is 1.12. The van der Waals surface area contributed by atoms with Gasteiger partial charge in [0.05, 0.1) is 0 Å². The number of amides is 1. The summed E-state index contributed by atoms with van der Waals surface area (Å²) in [5, 5.41) is 2.81. The van der Waals surface area contributed by atoms with Crippen LogP contribution in [0.1, 0.15) is 6.92 Å². The molecule has 1 aromatic rings. The predicted molar refractivity (Wildman–Crippen MR) is 66.3 cm³/mol. The van der Waals surface area contributed by atoms with Gasteiger partial charge in [-0.25, -0.2) is 0 Å². The number of hydrogen-bond donors (Lipinski definition) is 1. The third kappa shape index (κ3) is 3.99. The molecule has 0 atom stereocenters. The average molecular weight is 307 g/mol. The van der Waals surface area contributed by atoms with E-state index in [9.17, 15) is 4.79 Å². The molecule has 0 heterocycles. The molecule has 70 valence electrons. The Morgan fingerprint density at radius 1 is 1.62 bits per heavy atom. The highest BCUT2D eigenvalue weighted by molar-refractivity contribution is 14.1. The number of nitrogens with one attached hydrogen (secondary N) is 1. The number of thioether (sulfide) groups is 1. The highest BCUT2D eigenvalue weighted by Gasteiger charge is 2.00. The molecule has 0 aromatic heterocycles. The Morgan fingerprint density at radius 2 is 2.38 bits per heavy atom. The second kappa shape index (κ2) is 5.49. The number of halogens is 1. The first-order chi connectivity index (χ1) is 6.22. The monoisotopic (exact) mass is 307 g/mol. The van der Waals surface area contributed by atoms with Crippen molar-refractivity contribution < 1.29 is 4.79 Å². The maximum Gasteiger partial charge on any atom is 0.283 e. The average Bonchev–Trinajstić information content (AvgIpc) is 2.04. The van der Waals surface area contributed by atoms with Crippen molar-refractivity contribution in [1.82, 2.24) is 0 Å². The number of anilines is 1. The van der Waals surface area contributed by atoms with Crippen LogP contribution in [0.5, 0.6) is 0 Å². The Hall–Kier alpha value is -0.230.